The minimum Gasteiger partial charge on any atom is -0.481 e. The van der Waals surface area contributed by atoms with Crippen LogP contribution in [0.2, 0.25) is 5.02 Å². The van der Waals surface area contributed by atoms with Gasteiger partial charge in [0.25, 0.3) is 0 Å². The molecule has 0 radical (unpaired) electrons. The van der Waals surface area contributed by atoms with Crippen LogP contribution in [0, 0.1) is 0 Å². The lowest BCUT2D eigenvalue weighted by atomic mass is 9.88. The molecule has 0 aromatic heterocycles. The largest absolute Gasteiger partial charge is 0.481 e. The molecule has 4 rings (SSSR count). The number of likely N-dealkylation sites (tertiary alicyclic amines) is 1. The third kappa shape index (κ3) is 4.05. The number of nitrogens with zero attached hydrogens (tertiary/aromatic N) is 1. The van der Waals surface area contributed by atoms with E-state index in [1.54, 1.807) is 11.0 Å². The number of carbonyl (C=O) groups excluding carboxylic acids is 1. The Labute approximate surface area is 170 Å². The lowest BCUT2D eigenvalue weighted by Gasteiger charge is -2.42. The predicted molar refractivity (Wildman–Crippen MR) is 105 cm³/mol. The van der Waals surface area contributed by atoms with E-state index in [4.69, 9.17) is 16.3 Å². The number of halogens is 4. The van der Waals surface area contributed by atoms with Crippen molar-refractivity contribution in [2.75, 3.05) is 18.4 Å². The average molecular weight is 423 g/mol. The summed E-state index contributed by atoms with van der Waals surface area (Å²) >= 11 is 6.25. The van der Waals surface area contributed by atoms with Crippen LogP contribution in [0.3, 0.4) is 0 Å². The molecule has 0 atom stereocenters. The number of para-hydroxylation sites is 1. The second-order valence-corrected chi connectivity index (χ2v) is 7.56. The first-order valence-corrected chi connectivity index (χ1v) is 9.54. The second-order valence-electron chi connectivity index (χ2n) is 7.15. The van der Waals surface area contributed by atoms with Crippen molar-refractivity contribution >= 4 is 29.4 Å². The highest BCUT2D eigenvalue weighted by molar-refractivity contribution is 6.32. The number of ether oxygens (including phenoxy) is 1. The number of nitrogens with one attached hydrogen (secondary N) is 1. The monoisotopic (exact) mass is 422 g/mol. The number of anilines is 1. The molecular weight excluding hydrogens is 405 g/mol. The van der Waals surface area contributed by atoms with Crippen molar-refractivity contribution in [3.63, 3.8) is 0 Å². The molecular formula is C21H18ClF3N2O2. The summed E-state index contributed by atoms with van der Waals surface area (Å²) < 4.78 is 44.1. The summed E-state index contributed by atoms with van der Waals surface area (Å²) in [6.45, 7) is 0.910. The van der Waals surface area contributed by atoms with Crippen LogP contribution >= 0.6 is 11.6 Å². The van der Waals surface area contributed by atoms with E-state index >= 15 is 0 Å². The second kappa shape index (κ2) is 7.30. The minimum absolute atomic E-state index is 0.317. The van der Waals surface area contributed by atoms with Crippen molar-refractivity contribution in [3.05, 3.63) is 64.7 Å². The van der Waals surface area contributed by atoms with Gasteiger partial charge >= 0.3 is 12.2 Å². The Morgan fingerprint density at radius 1 is 1.10 bits per heavy atom. The topological polar surface area (TPSA) is 41.6 Å². The number of hydrogen-bond donors (Lipinski definition) is 1. The first-order valence-electron chi connectivity index (χ1n) is 9.16. The molecule has 2 heterocycles. The normalized spacial score (nSPS) is 17.6. The first kappa shape index (κ1) is 19.6. The first-order chi connectivity index (χ1) is 13.8. The fourth-order valence-corrected chi connectivity index (χ4v) is 3.77. The van der Waals surface area contributed by atoms with Crippen LogP contribution in [0.25, 0.3) is 6.08 Å². The zero-order chi connectivity index (χ0) is 20.6. The third-order valence-electron chi connectivity index (χ3n) is 5.23. The van der Waals surface area contributed by atoms with Crippen LogP contribution in [0.4, 0.5) is 23.7 Å². The smallest absolute Gasteiger partial charge is 0.416 e. The van der Waals surface area contributed by atoms with Gasteiger partial charge in [-0.15, -0.1) is 0 Å². The van der Waals surface area contributed by atoms with Crippen molar-refractivity contribution in [2.45, 2.75) is 24.6 Å². The van der Waals surface area contributed by atoms with Gasteiger partial charge < -0.3 is 15.0 Å². The molecule has 2 amide bonds. The molecule has 0 bridgehead atoms. The van der Waals surface area contributed by atoms with Crippen LogP contribution in [-0.4, -0.2) is 29.6 Å². The van der Waals surface area contributed by atoms with E-state index in [2.05, 4.69) is 5.32 Å². The van der Waals surface area contributed by atoms with Gasteiger partial charge in [0, 0.05) is 37.2 Å². The van der Waals surface area contributed by atoms with Gasteiger partial charge in [-0.2, -0.15) is 13.2 Å². The van der Waals surface area contributed by atoms with Crippen LogP contribution in [0.1, 0.15) is 24.0 Å². The molecule has 0 unspecified atom stereocenters. The Balaban J connectivity index is 1.37. The van der Waals surface area contributed by atoms with E-state index in [1.807, 2.05) is 24.3 Å². The number of urea groups is 1. The molecule has 2 aliphatic heterocycles. The van der Waals surface area contributed by atoms with Crippen molar-refractivity contribution in [1.82, 2.24) is 4.90 Å². The Morgan fingerprint density at radius 2 is 1.79 bits per heavy atom. The van der Waals surface area contributed by atoms with Crippen LogP contribution in [0.15, 0.2) is 48.5 Å². The van der Waals surface area contributed by atoms with Gasteiger partial charge in [0.1, 0.15) is 11.4 Å². The summed E-state index contributed by atoms with van der Waals surface area (Å²) in [7, 11) is 0. The third-order valence-corrected chi connectivity index (χ3v) is 5.53. The summed E-state index contributed by atoms with van der Waals surface area (Å²) in [5, 5.41) is 3.20. The van der Waals surface area contributed by atoms with E-state index in [-0.39, 0.29) is 6.03 Å². The molecule has 1 fully saturated rings. The molecule has 0 saturated carbocycles. The van der Waals surface area contributed by atoms with E-state index in [9.17, 15) is 18.0 Å². The van der Waals surface area contributed by atoms with E-state index in [1.165, 1.54) is 12.1 Å². The number of fused-ring (bicyclic) bond motifs is 1. The van der Waals surface area contributed by atoms with Gasteiger partial charge in [0.2, 0.25) is 0 Å². The number of piperidine rings is 1. The highest BCUT2D eigenvalue weighted by Gasteiger charge is 2.38. The quantitative estimate of drug-likeness (QED) is 0.628. The molecule has 1 saturated heterocycles. The van der Waals surface area contributed by atoms with Crippen molar-refractivity contribution in [3.8, 4) is 5.75 Å². The zero-order valence-electron chi connectivity index (χ0n) is 15.3. The Morgan fingerprint density at radius 3 is 2.45 bits per heavy atom. The van der Waals surface area contributed by atoms with Gasteiger partial charge in [0.05, 0.1) is 10.6 Å². The van der Waals surface area contributed by atoms with E-state index in [0.717, 1.165) is 17.7 Å². The van der Waals surface area contributed by atoms with Crippen LogP contribution in [0.5, 0.6) is 5.75 Å². The molecule has 1 spiro atoms. The molecule has 152 valence electrons. The molecule has 2 aromatic carbocycles. The fraction of sp³-hybridized carbons (Fsp3) is 0.286. The fourth-order valence-electron chi connectivity index (χ4n) is 3.55. The number of hydrogen-bond acceptors (Lipinski definition) is 2. The molecule has 29 heavy (non-hydrogen) atoms. The highest BCUT2D eigenvalue weighted by atomic mass is 35.5. The summed E-state index contributed by atoms with van der Waals surface area (Å²) in [5.41, 5.74) is -0.0256. The lowest BCUT2D eigenvalue weighted by Crippen LogP contribution is -2.50. The number of amides is 2. The molecule has 8 heteroatoms. The van der Waals surface area contributed by atoms with Crippen LogP contribution < -0.4 is 10.1 Å². The standard InChI is InChI=1S/C21H18ClF3N2O2/c22-17-3-1-2-14-8-9-20(29-18(14)17)10-12-27(13-11-20)19(28)26-16-6-4-15(5-7-16)21(23,24)25/h1-9H,10-13H2,(H,26,28). The number of carbonyl (C=O) groups is 1. The van der Waals surface area contributed by atoms with Gasteiger partial charge in [-0.1, -0.05) is 29.8 Å². The minimum atomic E-state index is -4.40. The molecule has 2 aromatic rings. The molecule has 1 N–H and O–H groups in total. The lowest BCUT2D eigenvalue weighted by molar-refractivity contribution is -0.137. The van der Waals surface area contributed by atoms with Gasteiger partial charge in [-0.05, 0) is 36.4 Å². The Kier molecular flexibility index (Phi) is 4.94. The zero-order valence-corrected chi connectivity index (χ0v) is 16.1. The Hall–Kier alpha value is -2.67. The summed E-state index contributed by atoms with van der Waals surface area (Å²) in [6, 6.07) is 9.61. The SMILES string of the molecule is O=C(Nc1ccc(C(F)(F)F)cc1)N1CCC2(C=Cc3cccc(Cl)c3O2)CC1. The predicted octanol–water partition coefficient (Wildman–Crippen LogP) is 5.83. The molecule has 2 aliphatic rings. The maximum atomic E-state index is 12.6. The maximum absolute atomic E-state index is 12.6. The molecule has 0 aliphatic carbocycles. The Bertz CT molecular complexity index is 949. The van der Waals surface area contributed by atoms with Crippen molar-refractivity contribution in [1.29, 1.82) is 0 Å². The summed E-state index contributed by atoms with van der Waals surface area (Å²) in [6.07, 6.45) is 0.779. The maximum Gasteiger partial charge on any atom is 0.416 e. The summed E-state index contributed by atoms with van der Waals surface area (Å²) in [5.74, 6) is 0.652. The average Bonchev–Trinajstić information content (AvgIpc) is 2.69. The van der Waals surface area contributed by atoms with Crippen molar-refractivity contribution < 1.29 is 22.7 Å². The highest BCUT2D eigenvalue weighted by Crippen LogP contribution is 2.41. The van der Waals surface area contributed by atoms with E-state index < -0.39 is 17.3 Å². The number of benzene rings is 2. The summed E-state index contributed by atoms with van der Waals surface area (Å²) in [4.78, 5) is 14.1. The van der Waals surface area contributed by atoms with Crippen LogP contribution in [-0.2, 0) is 6.18 Å². The number of rotatable bonds is 1. The van der Waals surface area contributed by atoms with Gasteiger partial charge in [-0.3, -0.25) is 0 Å². The molecule has 4 nitrogen and oxygen atoms in total. The van der Waals surface area contributed by atoms with Gasteiger partial charge in [0.15, 0.2) is 0 Å². The van der Waals surface area contributed by atoms with Gasteiger partial charge in [-0.25, -0.2) is 4.79 Å². The van der Waals surface area contributed by atoms with Crippen molar-refractivity contribution in [2.24, 2.45) is 0 Å². The number of alkyl halides is 3. The van der Waals surface area contributed by atoms with E-state index in [0.29, 0.717) is 42.4 Å².